The topological polar surface area (TPSA) is 117 Å². The highest BCUT2D eigenvalue weighted by atomic mass is 16.5. The van der Waals surface area contributed by atoms with E-state index < -0.39 is 0 Å². The van der Waals surface area contributed by atoms with Crippen LogP contribution in [0.3, 0.4) is 0 Å². The number of ether oxygens (including phenoxy) is 2. The zero-order chi connectivity index (χ0) is 37.3. The van der Waals surface area contributed by atoms with Gasteiger partial charge in [-0.1, -0.05) is 73.9 Å². The average molecular weight is 716 g/mol. The van der Waals surface area contributed by atoms with Gasteiger partial charge < -0.3 is 9.47 Å². The molecule has 1 aliphatic rings. The second-order valence-electron chi connectivity index (χ2n) is 13.5. The minimum atomic E-state index is -0.379. The Balaban J connectivity index is 0.000000167. The van der Waals surface area contributed by atoms with Gasteiger partial charge in [-0.3, -0.25) is 4.98 Å². The van der Waals surface area contributed by atoms with Crippen LogP contribution in [0.15, 0.2) is 122 Å². The molecule has 1 fully saturated rings. The van der Waals surface area contributed by atoms with Gasteiger partial charge >= 0.3 is 11.9 Å². The molecule has 270 valence electrons. The molecule has 2 aromatic carbocycles. The van der Waals surface area contributed by atoms with Gasteiger partial charge in [-0.05, 0) is 91.9 Å². The summed E-state index contributed by atoms with van der Waals surface area (Å²) in [6, 6.07) is 33.2. The molecule has 0 bridgehead atoms. The highest BCUT2D eigenvalue weighted by Gasteiger charge is 2.18. The molecule has 9 heteroatoms. The molecule has 0 spiro atoms. The lowest BCUT2D eigenvalue weighted by Crippen LogP contribution is -2.10. The van der Waals surface area contributed by atoms with Crippen molar-refractivity contribution in [1.82, 2.24) is 24.9 Å². The Bertz CT molecular complexity index is 2390. The van der Waals surface area contributed by atoms with Crippen LogP contribution in [0, 0.1) is 13.8 Å². The van der Waals surface area contributed by atoms with Crippen molar-refractivity contribution in [2.45, 2.75) is 65.1 Å². The largest absolute Gasteiger partial charge is 0.457 e. The van der Waals surface area contributed by atoms with E-state index >= 15 is 0 Å². The zero-order valence-corrected chi connectivity index (χ0v) is 30.4. The second-order valence-corrected chi connectivity index (χ2v) is 13.5. The molecule has 5 heterocycles. The van der Waals surface area contributed by atoms with Crippen LogP contribution in [0.5, 0.6) is 0 Å². The minimum Gasteiger partial charge on any atom is -0.457 e. The van der Waals surface area contributed by atoms with Crippen LogP contribution in [0.25, 0.3) is 33.2 Å². The summed E-state index contributed by atoms with van der Waals surface area (Å²) in [5.41, 5.74) is 8.67. The summed E-state index contributed by atoms with van der Waals surface area (Å²) >= 11 is 0. The highest BCUT2D eigenvalue weighted by Crippen LogP contribution is 2.31. The normalized spacial score (nSPS) is 12.9. The van der Waals surface area contributed by atoms with E-state index in [1.54, 1.807) is 38.4 Å². The molecular weight excluding hydrogens is 675 g/mol. The third-order valence-electron chi connectivity index (χ3n) is 9.65. The van der Waals surface area contributed by atoms with E-state index in [1.165, 1.54) is 32.1 Å². The predicted molar refractivity (Wildman–Crippen MR) is 209 cm³/mol. The summed E-state index contributed by atoms with van der Waals surface area (Å²) in [7, 11) is 0. The number of hydrogen-bond donors (Lipinski definition) is 0. The van der Waals surface area contributed by atoms with Gasteiger partial charge in [0.05, 0.1) is 22.5 Å². The number of carbonyl (C=O) groups excluding carboxylic acids is 2. The second kappa shape index (κ2) is 17.0. The average Bonchev–Trinajstić information content (AvgIpc) is 3.22. The number of fused-ring (bicyclic) bond motifs is 2. The zero-order valence-electron chi connectivity index (χ0n) is 30.4. The number of aromatic nitrogens is 5. The third kappa shape index (κ3) is 8.81. The van der Waals surface area contributed by atoms with E-state index in [0.717, 1.165) is 38.7 Å². The smallest absolute Gasteiger partial charge is 0.340 e. The van der Waals surface area contributed by atoms with Crippen molar-refractivity contribution >= 4 is 34.0 Å². The van der Waals surface area contributed by atoms with Gasteiger partial charge in [0.2, 0.25) is 0 Å². The maximum atomic E-state index is 12.6. The van der Waals surface area contributed by atoms with E-state index in [0.29, 0.717) is 39.7 Å². The summed E-state index contributed by atoms with van der Waals surface area (Å²) in [6.07, 6.45) is 11.6. The molecule has 0 aliphatic heterocycles. The molecule has 8 rings (SSSR count). The number of hydrogen-bond acceptors (Lipinski definition) is 9. The molecule has 54 heavy (non-hydrogen) atoms. The van der Waals surface area contributed by atoms with Crippen LogP contribution in [0.4, 0.5) is 0 Å². The minimum absolute atomic E-state index is 0.210. The molecule has 0 unspecified atom stereocenters. The van der Waals surface area contributed by atoms with Gasteiger partial charge in [-0.2, -0.15) is 0 Å². The molecule has 0 amide bonds. The Kier molecular flexibility index (Phi) is 11.3. The fraction of sp³-hybridized carbons (Fsp3) is 0.222. The van der Waals surface area contributed by atoms with Gasteiger partial charge in [0, 0.05) is 46.5 Å². The van der Waals surface area contributed by atoms with Gasteiger partial charge in [0.1, 0.15) is 13.2 Å². The Morgan fingerprint density at radius 1 is 0.593 bits per heavy atom. The van der Waals surface area contributed by atoms with Crippen LogP contribution in [-0.4, -0.2) is 36.9 Å². The first-order valence-electron chi connectivity index (χ1n) is 18.3. The lowest BCUT2D eigenvalue weighted by atomic mass is 9.86. The van der Waals surface area contributed by atoms with Crippen molar-refractivity contribution in [1.29, 1.82) is 0 Å². The number of rotatable bonds is 8. The predicted octanol–water partition coefficient (Wildman–Crippen LogP) is 9.70. The summed E-state index contributed by atoms with van der Waals surface area (Å²) in [5.74, 6) is -0.173. The SMILES string of the molecule is Cc1nc2ncccc2cc1C(=O)OCc1ccc(C2CCCCC2)nc1.Cc1nc2ncccc2cc1C(=O)OCc1cccc(-c2ccccc2)c1. The number of pyridine rings is 5. The summed E-state index contributed by atoms with van der Waals surface area (Å²) in [4.78, 5) is 46.9. The lowest BCUT2D eigenvalue weighted by molar-refractivity contribution is 0.0462. The molecule has 1 saturated carbocycles. The molecule has 7 aromatic rings. The van der Waals surface area contributed by atoms with Crippen molar-refractivity contribution in [2.75, 3.05) is 0 Å². The molecule has 0 atom stereocenters. The standard InChI is InChI=1S/C23H18N2O2.C22H23N3O2/c1-16-21(14-20-11-6-12-24-22(20)25-16)23(26)27-15-17-7-5-10-19(13-17)18-8-3-2-4-9-18;1-15-19(12-18-8-5-11-23-21(18)25-15)22(26)27-14-16-9-10-20(24-13-16)17-6-3-2-4-7-17/h2-14H,15H2,1H3;5,8-13,17H,2-4,6-7,14H2,1H3. The summed E-state index contributed by atoms with van der Waals surface area (Å²) in [5, 5.41) is 1.65. The molecule has 1 aliphatic carbocycles. The van der Waals surface area contributed by atoms with Crippen molar-refractivity contribution in [3.05, 3.63) is 161 Å². The van der Waals surface area contributed by atoms with Crippen molar-refractivity contribution in [3.63, 3.8) is 0 Å². The summed E-state index contributed by atoms with van der Waals surface area (Å²) < 4.78 is 11.0. The first kappa shape index (κ1) is 36.0. The number of esters is 2. The van der Waals surface area contributed by atoms with Crippen LogP contribution in [0.2, 0.25) is 0 Å². The fourth-order valence-corrected chi connectivity index (χ4v) is 6.69. The molecular formula is C45H41N5O4. The van der Waals surface area contributed by atoms with E-state index in [1.807, 2.05) is 79.0 Å². The van der Waals surface area contributed by atoms with Gasteiger partial charge in [-0.15, -0.1) is 0 Å². The number of benzene rings is 2. The van der Waals surface area contributed by atoms with Crippen LogP contribution in [0.1, 0.15) is 86.9 Å². The van der Waals surface area contributed by atoms with E-state index in [4.69, 9.17) is 9.47 Å². The first-order chi connectivity index (χ1) is 26.4. The monoisotopic (exact) mass is 715 g/mol. The molecule has 0 N–H and O–H groups in total. The maximum absolute atomic E-state index is 12.6. The lowest BCUT2D eigenvalue weighted by Gasteiger charge is -2.21. The van der Waals surface area contributed by atoms with Gasteiger partial charge in [0.25, 0.3) is 0 Å². The maximum Gasteiger partial charge on any atom is 0.340 e. The quantitative estimate of drug-likeness (QED) is 0.142. The summed E-state index contributed by atoms with van der Waals surface area (Å²) in [6.45, 7) is 4.01. The Morgan fingerprint density at radius 2 is 1.19 bits per heavy atom. The van der Waals surface area contributed by atoms with Gasteiger partial charge in [0.15, 0.2) is 11.3 Å². The van der Waals surface area contributed by atoms with E-state index in [2.05, 4.69) is 43.1 Å². The Labute approximate surface area is 314 Å². The molecule has 9 nitrogen and oxygen atoms in total. The first-order valence-corrected chi connectivity index (χ1v) is 18.3. The number of carbonyl (C=O) groups is 2. The Morgan fingerprint density at radius 3 is 1.78 bits per heavy atom. The van der Waals surface area contributed by atoms with Crippen LogP contribution >= 0.6 is 0 Å². The molecule has 5 aromatic heterocycles. The van der Waals surface area contributed by atoms with Crippen LogP contribution in [-0.2, 0) is 22.7 Å². The van der Waals surface area contributed by atoms with Crippen LogP contribution < -0.4 is 0 Å². The van der Waals surface area contributed by atoms with Crippen molar-refractivity contribution in [3.8, 4) is 11.1 Å². The van der Waals surface area contributed by atoms with E-state index in [-0.39, 0.29) is 25.2 Å². The number of aryl methyl sites for hydroxylation is 2. The third-order valence-corrected chi connectivity index (χ3v) is 9.65. The molecule has 0 radical (unpaired) electrons. The Hall–Kier alpha value is -6.35. The van der Waals surface area contributed by atoms with Gasteiger partial charge in [-0.25, -0.2) is 29.5 Å². The fourth-order valence-electron chi connectivity index (χ4n) is 6.69. The van der Waals surface area contributed by atoms with E-state index in [9.17, 15) is 9.59 Å². The highest BCUT2D eigenvalue weighted by molar-refractivity contribution is 5.95. The van der Waals surface area contributed by atoms with Crippen molar-refractivity contribution in [2.24, 2.45) is 0 Å². The number of nitrogens with zero attached hydrogens (tertiary/aromatic N) is 5. The molecule has 0 saturated heterocycles. The van der Waals surface area contributed by atoms with Crippen molar-refractivity contribution < 1.29 is 19.1 Å².